The number of aliphatic hydroxyl groups excluding tert-OH is 1. The van der Waals surface area contributed by atoms with Crippen LogP contribution >= 0.6 is 0 Å². The van der Waals surface area contributed by atoms with E-state index in [9.17, 15) is 15.0 Å². The first kappa shape index (κ1) is 21.8. The molecular weight excluding hydrogens is 360 g/mol. The van der Waals surface area contributed by atoms with Crippen molar-refractivity contribution in [1.82, 2.24) is 10.2 Å². The van der Waals surface area contributed by atoms with Gasteiger partial charge in [-0.2, -0.15) is 0 Å². The minimum atomic E-state index is -1.07. The van der Waals surface area contributed by atoms with Gasteiger partial charge in [0.15, 0.2) is 0 Å². The zero-order chi connectivity index (χ0) is 20.7. The molecule has 2 aromatic rings. The van der Waals surface area contributed by atoms with Crippen LogP contribution in [0.1, 0.15) is 32.1 Å². The van der Waals surface area contributed by atoms with E-state index in [1.54, 1.807) is 25.5 Å². The Balaban J connectivity index is 2.09. The largest absolute Gasteiger partial charge is 0.497 e. The summed E-state index contributed by atoms with van der Waals surface area (Å²) in [5.74, 6) is 1.40. The van der Waals surface area contributed by atoms with Gasteiger partial charge in [-0.3, -0.25) is 4.90 Å². The molecule has 154 valence electrons. The van der Waals surface area contributed by atoms with Crippen LogP contribution < -0.4 is 10.1 Å². The zero-order valence-electron chi connectivity index (χ0n) is 16.9. The molecule has 0 radical (unpaired) electrons. The lowest BCUT2D eigenvalue weighted by Gasteiger charge is -2.41. The van der Waals surface area contributed by atoms with E-state index in [-0.39, 0.29) is 6.54 Å². The highest BCUT2D eigenvalue weighted by atomic mass is 16.5. The van der Waals surface area contributed by atoms with Gasteiger partial charge in [-0.1, -0.05) is 12.1 Å². The number of ether oxygens (including phenoxy) is 1. The maximum atomic E-state index is 11.9. The van der Waals surface area contributed by atoms with Crippen LogP contribution in [0, 0.1) is 0 Å². The molecule has 1 amide bonds. The molecule has 0 unspecified atom stereocenters. The van der Waals surface area contributed by atoms with Crippen molar-refractivity contribution in [3.05, 3.63) is 54.0 Å². The van der Waals surface area contributed by atoms with Crippen LogP contribution in [0.15, 0.2) is 47.1 Å². The van der Waals surface area contributed by atoms with Crippen LogP contribution in [0.5, 0.6) is 5.75 Å². The smallest absolute Gasteiger partial charge is 0.408 e. The van der Waals surface area contributed by atoms with Gasteiger partial charge >= 0.3 is 6.09 Å². The summed E-state index contributed by atoms with van der Waals surface area (Å²) in [5.41, 5.74) is 0.344. The maximum Gasteiger partial charge on any atom is 0.408 e. The number of methoxy groups -OCH3 is 1. The van der Waals surface area contributed by atoms with Crippen LogP contribution in [0.3, 0.4) is 0 Å². The van der Waals surface area contributed by atoms with Crippen molar-refractivity contribution in [3.8, 4) is 5.75 Å². The molecule has 1 aromatic heterocycles. The minimum absolute atomic E-state index is 0.239. The van der Waals surface area contributed by atoms with Crippen LogP contribution in [0.2, 0.25) is 0 Å². The van der Waals surface area contributed by atoms with E-state index in [2.05, 4.69) is 5.32 Å². The van der Waals surface area contributed by atoms with Crippen molar-refractivity contribution in [2.24, 2.45) is 0 Å². The molecular formula is C21H30N2O5. The molecule has 7 heteroatoms. The molecule has 0 spiro atoms. The Morgan fingerprint density at radius 3 is 2.61 bits per heavy atom. The summed E-state index contributed by atoms with van der Waals surface area (Å²) in [6.45, 7) is 6.21. The topological polar surface area (TPSA) is 95.2 Å². The summed E-state index contributed by atoms with van der Waals surface area (Å²) in [7, 11) is 1.61. The lowest BCUT2D eigenvalue weighted by atomic mass is 9.97. The molecule has 0 aliphatic heterocycles. The molecule has 0 aliphatic carbocycles. The van der Waals surface area contributed by atoms with Gasteiger partial charge in [0.05, 0.1) is 25.5 Å². The third-order valence-corrected chi connectivity index (χ3v) is 4.51. The van der Waals surface area contributed by atoms with Crippen LogP contribution in [-0.2, 0) is 13.0 Å². The fourth-order valence-electron chi connectivity index (χ4n) is 3.24. The first-order chi connectivity index (χ1) is 13.2. The lowest BCUT2D eigenvalue weighted by Crippen LogP contribution is -2.58. The monoisotopic (exact) mass is 390 g/mol. The third kappa shape index (κ3) is 6.00. The van der Waals surface area contributed by atoms with E-state index >= 15 is 0 Å². The Morgan fingerprint density at radius 1 is 1.29 bits per heavy atom. The molecule has 0 saturated heterocycles. The fraction of sp³-hybridized carbons (Fsp3) is 0.476. The fourth-order valence-corrected chi connectivity index (χ4v) is 3.24. The van der Waals surface area contributed by atoms with E-state index in [1.165, 1.54) is 4.90 Å². The lowest BCUT2D eigenvalue weighted by molar-refractivity contribution is 0.00589. The van der Waals surface area contributed by atoms with Crippen molar-refractivity contribution < 1.29 is 24.2 Å². The number of carbonyl (C=O) groups is 1. The molecule has 0 aliphatic rings. The number of amides is 1. The van der Waals surface area contributed by atoms with E-state index in [0.29, 0.717) is 18.7 Å². The second kappa shape index (κ2) is 9.61. The first-order valence-electron chi connectivity index (χ1n) is 9.28. The predicted octanol–water partition coefficient (Wildman–Crippen LogP) is 3.13. The van der Waals surface area contributed by atoms with Crippen molar-refractivity contribution >= 4 is 6.09 Å². The van der Waals surface area contributed by atoms with Gasteiger partial charge < -0.3 is 24.7 Å². The quantitative estimate of drug-likeness (QED) is 0.609. The Kier molecular flexibility index (Phi) is 7.48. The second-order valence-corrected chi connectivity index (χ2v) is 7.72. The van der Waals surface area contributed by atoms with E-state index in [1.807, 2.05) is 45.0 Å². The molecule has 1 aromatic carbocycles. The van der Waals surface area contributed by atoms with Crippen molar-refractivity contribution in [1.29, 1.82) is 0 Å². The summed E-state index contributed by atoms with van der Waals surface area (Å²) >= 11 is 0. The molecule has 0 bridgehead atoms. The highest BCUT2D eigenvalue weighted by molar-refractivity contribution is 5.66. The molecule has 2 atom stereocenters. The van der Waals surface area contributed by atoms with Crippen molar-refractivity contribution in [2.45, 2.75) is 51.4 Å². The summed E-state index contributed by atoms with van der Waals surface area (Å²) < 4.78 is 10.6. The first-order valence-corrected chi connectivity index (χ1v) is 9.28. The number of hydrogen-bond donors (Lipinski definition) is 3. The molecule has 7 nitrogen and oxygen atoms in total. The molecule has 28 heavy (non-hydrogen) atoms. The van der Waals surface area contributed by atoms with Crippen LogP contribution in [0.4, 0.5) is 4.79 Å². The number of aliphatic hydroxyl groups is 1. The summed E-state index contributed by atoms with van der Waals surface area (Å²) in [4.78, 5) is 13.2. The average Bonchev–Trinajstić information content (AvgIpc) is 3.13. The van der Waals surface area contributed by atoms with Crippen LogP contribution in [0.25, 0.3) is 0 Å². The van der Waals surface area contributed by atoms with Gasteiger partial charge in [0.1, 0.15) is 11.5 Å². The third-order valence-electron chi connectivity index (χ3n) is 4.51. The minimum Gasteiger partial charge on any atom is -0.497 e. The van der Waals surface area contributed by atoms with Gasteiger partial charge in [0.2, 0.25) is 0 Å². The summed E-state index contributed by atoms with van der Waals surface area (Å²) in [6.07, 6.45) is -0.150. The number of nitrogens with zero attached hydrogens (tertiary/aromatic N) is 1. The SMILES string of the molecule is COc1cccc(CNC[C@@H](O)[C@H](Cc2ccco2)N(C(=O)O)C(C)(C)C)c1. The number of carboxylic acid groups (broad SMARTS) is 1. The Labute approximate surface area is 165 Å². The Morgan fingerprint density at radius 2 is 2.04 bits per heavy atom. The standard InChI is InChI=1S/C21H30N2O5/c1-21(2,3)23(20(25)26)18(12-17-9-6-10-28-17)19(24)14-22-13-15-7-5-8-16(11-15)27-4/h5-11,18-19,22,24H,12-14H2,1-4H3,(H,25,26)/t18-,19+/m0/s1. The van der Waals surface area contributed by atoms with Gasteiger partial charge in [0, 0.05) is 25.0 Å². The number of furan rings is 1. The normalized spacial score (nSPS) is 13.8. The number of nitrogens with one attached hydrogen (secondary N) is 1. The molecule has 3 N–H and O–H groups in total. The molecule has 1 heterocycles. The highest BCUT2D eigenvalue weighted by Gasteiger charge is 2.37. The van der Waals surface area contributed by atoms with Gasteiger partial charge in [-0.05, 0) is 50.6 Å². The Hall–Kier alpha value is -2.51. The number of hydrogen-bond acceptors (Lipinski definition) is 5. The Bertz CT molecular complexity index is 740. The summed E-state index contributed by atoms with van der Waals surface area (Å²) in [6, 6.07) is 10.5. The molecule has 2 rings (SSSR count). The van der Waals surface area contributed by atoms with Crippen molar-refractivity contribution in [3.63, 3.8) is 0 Å². The average molecular weight is 390 g/mol. The summed E-state index contributed by atoms with van der Waals surface area (Å²) in [5, 5.41) is 23.8. The molecule has 0 saturated carbocycles. The number of rotatable bonds is 9. The predicted molar refractivity (Wildman–Crippen MR) is 107 cm³/mol. The maximum absolute atomic E-state index is 11.9. The number of benzene rings is 1. The van der Waals surface area contributed by atoms with E-state index in [4.69, 9.17) is 9.15 Å². The van der Waals surface area contributed by atoms with Crippen molar-refractivity contribution in [2.75, 3.05) is 13.7 Å². The second-order valence-electron chi connectivity index (χ2n) is 7.72. The zero-order valence-corrected chi connectivity index (χ0v) is 16.9. The van der Waals surface area contributed by atoms with Gasteiger partial charge in [-0.25, -0.2) is 4.79 Å². The van der Waals surface area contributed by atoms with E-state index < -0.39 is 23.8 Å². The van der Waals surface area contributed by atoms with Gasteiger partial charge in [-0.15, -0.1) is 0 Å². The highest BCUT2D eigenvalue weighted by Crippen LogP contribution is 2.23. The molecule has 0 fully saturated rings. The van der Waals surface area contributed by atoms with E-state index in [0.717, 1.165) is 11.3 Å². The van der Waals surface area contributed by atoms with Crippen LogP contribution in [-0.4, -0.2) is 52.5 Å². The van der Waals surface area contributed by atoms with Gasteiger partial charge in [0.25, 0.3) is 0 Å².